The van der Waals surface area contributed by atoms with Gasteiger partial charge in [-0.05, 0) is 192 Å². The molecule has 0 spiro atoms. The lowest BCUT2D eigenvalue weighted by Gasteiger charge is -2.45. The first kappa shape index (κ1) is 50.3. The predicted octanol–water partition coefficient (Wildman–Crippen LogP) is 24.2. The summed E-state index contributed by atoms with van der Waals surface area (Å²) < 4.78 is 130. The SMILES string of the molecule is [2H]c1c([2H])c([2H])c(-c2ccc3c(c2)N(c2cccc(-n4c5ccccc5c5c(-c6ccccc6)cccc54)c2C#N)c2cc(-n4c5c([2H])c([2H])c([2H])c([2H])c5c5c([2H])c([2H])c([2H])c([2H])c54)cc4c2B3c2ccc(-n3c5ccc(C(C)(C)C)cc5c5cc(C(C)(C)C)ccc53)cc2N4c2cc(-c3ccccc3)cc(-c3ccccc3)c2)c([2H])c1[2H]. The van der Waals surface area contributed by atoms with Gasteiger partial charge in [0.15, 0.2) is 0 Å². The third kappa shape index (κ3) is 9.78. The fraction of sp³-hybridized carbons (Fsp3) is 0.0808. The van der Waals surface area contributed by atoms with E-state index >= 15 is 0 Å². The highest BCUT2D eigenvalue weighted by Gasteiger charge is 2.45. The molecule has 0 N–H and O–H groups in total. The smallest absolute Gasteiger partial charge is 0.252 e. The standard InChI is InChI=1S/C99H73BN6/c1-98(2,3)70-46-51-89-79(57-70)80-58-71(99(4,5)6)47-52-90(80)102(89)72-48-50-83-93(59-72)104(73-54-68(64-29-13-8-14-30-64)53-69(55-73)65-31-15-9-16-32-65)94-60-74(103-84-39-22-19-35-76(84)77-36-20-23-40-85(77)103)61-95-97(94)100(83)82-49-45-67(63-27-11-7-12-28-63)56-92(82)106(95)88-43-26-42-87(81(88)62-101)105-86-41-24-21-37-78(86)96-75(38-25-44-91(96)105)66-33-17-10-18-34-66/h7-61H,1-6H3/i7D,11D,12D,19D,20D,22D,23D,27D,28D,35D,36D,39D,40D. The number of benzene rings is 15. The molecule has 18 aromatic rings. The highest BCUT2D eigenvalue weighted by molar-refractivity contribution is 7.00. The molecule has 0 saturated carbocycles. The molecule has 2 aliphatic heterocycles. The van der Waals surface area contributed by atoms with Crippen molar-refractivity contribution >= 4 is 123 Å². The minimum absolute atomic E-state index is 0.0657. The minimum Gasteiger partial charge on any atom is -0.311 e. The van der Waals surface area contributed by atoms with E-state index in [1.807, 2.05) is 126 Å². The van der Waals surface area contributed by atoms with E-state index in [0.717, 1.165) is 88.1 Å². The van der Waals surface area contributed by atoms with E-state index in [1.54, 1.807) is 10.6 Å². The van der Waals surface area contributed by atoms with Crippen LogP contribution in [0.1, 0.15) is 76.1 Å². The molecular weight excluding hydrogens is 1280 g/mol. The van der Waals surface area contributed by atoms with E-state index in [1.165, 1.54) is 11.1 Å². The molecule has 0 radical (unpaired) electrons. The summed E-state index contributed by atoms with van der Waals surface area (Å²) in [5.74, 6) is 0. The second-order valence-corrected chi connectivity index (χ2v) is 29.8. The highest BCUT2D eigenvalue weighted by Crippen LogP contribution is 2.51. The Morgan fingerprint density at radius 1 is 0.311 bits per heavy atom. The molecule has 7 heteroatoms. The lowest BCUT2D eigenvalue weighted by atomic mass is 9.33. The first-order chi connectivity index (χ1) is 57.2. The van der Waals surface area contributed by atoms with Crippen LogP contribution in [0.4, 0.5) is 34.1 Å². The second-order valence-electron chi connectivity index (χ2n) is 29.8. The van der Waals surface area contributed by atoms with Gasteiger partial charge in [0, 0.05) is 66.4 Å². The van der Waals surface area contributed by atoms with Crippen LogP contribution >= 0.6 is 0 Å². The largest absolute Gasteiger partial charge is 0.311 e. The van der Waals surface area contributed by atoms with E-state index < -0.39 is 85.3 Å². The number of hydrogen-bond donors (Lipinski definition) is 0. The van der Waals surface area contributed by atoms with Gasteiger partial charge in [0.05, 0.1) is 68.0 Å². The molecule has 6 nitrogen and oxygen atoms in total. The zero-order chi connectivity index (χ0) is 82.6. The molecule has 0 aliphatic carbocycles. The van der Waals surface area contributed by atoms with Crippen LogP contribution in [0.2, 0.25) is 0 Å². The summed E-state index contributed by atoms with van der Waals surface area (Å²) in [6.45, 7) is 12.6. The molecule has 0 unspecified atom stereocenters. The van der Waals surface area contributed by atoms with Crippen LogP contribution < -0.4 is 26.2 Å². The molecule has 0 amide bonds. The van der Waals surface area contributed by atoms with Crippen molar-refractivity contribution in [3.8, 4) is 67.6 Å². The molecule has 20 rings (SSSR count). The van der Waals surface area contributed by atoms with Crippen LogP contribution in [-0.4, -0.2) is 20.4 Å². The van der Waals surface area contributed by atoms with E-state index in [4.69, 9.17) is 4.11 Å². The van der Waals surface area contributed by atoms with Gasteiger partial charge in [-0.15, -0.1) is 0 Å². The Kier molecular flexibility index (Phi) is 11.4. The number of rotatable bonds is 9. The lowest BCUT2D eigenvalue weighted by Crippen LogP contribution is -2.61. The molecule has 502 valence electrons. The van der Waals surface area contributed by atoms with Crippen LogP contribution in [0.5, 0.6) is 0 Å². The summed E-state index contributed by atoms with van der Waals surface area (Å²) >= 11 is 0. The van der Waals surface area contributed by atoms with Gasteiger partial charge >= 0.3 is 0 Å². The molecule has 0 atom stereocenters. The summed E-state index contributed by atoms with van der Waals surface area (Å²) in [6.07, 6.45) is 0. The van der Waals surface area contributed by atoms with Crippen molar-refractivity contribution in [1.29, 1.82) is 5.26 Å². The van der Waals surface area contributed by atoms with Gasteiger partial charge < -0.3 is 23.5 Å². The molecule has 0 saturated heterocycles. The molecular formula is C99H73BN6. The fourth-order valence-electron chi connectivity index (χ4n) is 16.7. The maximum atomic E-state index is 12.6. The van der Waals surface area contributed by atoms with Crippen molar-refractivity contribution in [2.75, 3.05) is 9.80 Å². The molecule has 0 fully saturated rings. The number of nitrogens with zero attached hydrogens (tertiary/aromatic N) is 6. The van der Waals surface area contributed by atoms with Crippen LogP contribution in [0, 0.1) is 11.3 Å². The van der Waals surface area contributed by atoms with Gasteiger partial charge in [0.1, 0.15) is 11.6 Å². The summed E-state index contributed by atoms with van der Waals surface area (Å²) in [5, 5.41) is 16.4. The number of anilines is 6. The van der Waals surface area contributed by atoms with Crippen molar-refractivity contribution < 1.29 is 17.8 Å². The summed E-state index contributed by atoms with van der Waals surface area (Å²) in [7, 11) is 0. The third-order valence-corrected chi connectivity index (χ3v) is 21.7. The summed E-state index contributed by atoms with van der Waals surface area (Å²) in [6, 6.07) is 82.3. The molecule has 0 bridgehead atoms. The summed E-state index contributed by atoms with van der Waals surface area (Å²) in [5.41, 5.74) is 18.1. The third-order valence-electron chi connectivity index (χ3n) is 21.7. The lowest BCUT2D eigenvalue weighted by molar-refractivity contribution is 0.590. The van der Waals surface area contributed by atoms with Crippen molar-refractivity contribution in [3.63, 3.8) is 0 Å². The monoisotopic (exact) mass is 1370 g/mol. The Labute approximate surface area is 636 Å². The fourth-order valence-corrected chi connectivity index (χ4v) is 16.7. The zero-order valence-electron chi connectivity index (χ0n) is 72.0. The van der Waals surface area contributed by atoms with Gasteiger partial charge in [0.2, 0.25) is 0 Å². The van der Waals surface area contributed by atoms with Crippen LogP contribution in [0.25, 0.3) is 127 Å². The van der Waals surface area contributed by atoms with E-state index in [-0.39, 0.29) is 55.0 Å². The molecule has 15 aromatic carbocycles. The van der Waals surface area contributed by atoms with Crippen molar-refractivity contribution in [2.45, 2.75) is 52.4 Å². The Morgan fingerprint density at radius 3 is 1.44 bits per heavy atom. The Morgan fingerprint density at radius 2 is 0.821 bits per heavy atom. The van der Waals surface area contributed by atoms with E-state index in [2.05, 4.69) is 189 Å². The van der Waals surface area contributed by atoms with Gasteiger partial charge in [-0.3, -0.25) is 0 Å². The Bertz CT molecular complexity index is 7290. The number of nitriles is 1. The maximum Gasteiger partial charge on any atom is 0.252 e. The van der Waals surface area contributed by atoms with E-state index in [0.29, 0.717) is 50.7 Å². The van der Waals surface area contributed by atoms with Crippen molar-refractivity contribution in [1.82, 2.24) is 13.7 Å². The van der Waals surface area contributed by atoms with Gasteiger partial charge in [0.25, 0.3) is 6.71 Å². The van der Waals surface area contributed by atoms with E-state index in [9.17, 15) is 19.0 Å². The Hall–Kier alpha value is -13.1. The molecule has 5 heterocycles. The quantitative estimate of drug-likeness (QED) is 0.135. The highest BCUT2D eigenvalue weighted by atomic mass is 15.2. The average molecular weight is 1370 g/mol. The average Bonchev–Trinajstić information content (AvgIpc) is 1.68. The Balaban J connectivity index is 0.979. The maximum absolute atomic E-state index is 12.6. The number of aromatic nitrogens is 3. The number of fused-ring (bicyclic) bond motifs is 13. The molecule has 2 aliphatic rings. The van der Waals surface area contributed by atoms with Gasteiger partial charge in [-0.25, -0.2) is 0 Å². The molecule has 3 aromatic heterocycles. The molecule has 106 heavy (non-hydrogen) atoms. The summed E-state index contributed by atoms with van der Waals surface area (Å²) in [4.78, 5) is 4.23. The van der Waals surface area contributed by atoms with Crippen LogP contribution in [0.3, 0.4) is 0 Å². The first-order valence-electron chi connectivity index (χ1n) is 42.3. The van der Waals surface area contributed by atoms with Crippen molar-refractivity contribution in [3.05, 3.63) is 350 Å². The predicted molar refractivity (Wildman–Crippen MR) is 447 cm³/mol. The number of para-hydroxylation sites is 3. The van der Waals surface area contributed by atoms with Crippen LogP contribution in [0.15, 0.2) is 333 Å². The van der Waals surface area contributed by atoms with Gasteiger partial charge in [-0.1, -0.05) is 266 Å². The minimum atomic E-state index is -0.780. The topological polar surface area (TPSA) is 45.1 Å². The van der Waals surface area contributed by atoms with Crippen molar-refractivity contribution in [2.24, 2.45) is 0 Å². The zero-order valence-corrected chi connectivity index (χ0v) is 59.0. The second kappa shape index (κ2) is 24.0. The van der Waals surface area contributed by atoms with Crippen LogP contribution in [-0.2, 0) is 10.8 Å². The normalized spacial score (nSPS) is 14.5. The van der Waals surface area contributed by atoms with Gasteiger partial charge in [-0.2, -0.15) is 5.26 Å². The first-order valence-corrected chi connectivity index (χ1v) is 35.8. The number of hydrogen-bond acceptors (Lipinski definition) is 3.